The topological polar surface area (TPSA) is 160 Å². The number of nitrogens with two attached hydrogens (primary N) is 1. The van der Waals surface area contributed by atoms with Crippen molar-refractivity contribution in [3.63, 3.8) is 0 Å². The van der Waals surface area contributed by atoms with Gasteiger partial charge in [-0.3, -0.25) is 14.5 Å². The Hall–Kier alpha value is -3.23. The zero-order valence-corrected chi connectivity index (χ0v) is 18.9. The van der Waals surface area contributed by atoms with E-state index in [1.54, 1.807) is 23.0 Å². The number of thioether (sulfide) groups is 1. The van der Waals surface area contributed by atoms with Crippen LogP contribution in [0.2, 0.25) is 0 Å². The number of oxime groups is 1. The molecule has 166 valence electrons. The van der Waals surface area contributed by atoms with Crippen molar-refractivity contribution >= 4 is 69.1 Å². The summed E-state index contributed by atoms with van der Waals surface area (Å²) in [6.45, 7) is 0. The number of rotatable bonds is 7. The molecule has 2 amide bonds. The van der Waals surface area contributed by atoms with Crippen molar-refractivity contribution < 1.29 is 24.3 Å². The van der Waals surface area contributed by atoms with E-state index < -0.39 is 29.2 Å². The maximum Gasteiger partial charge on any atom is 0.352 e. The first-order chi connectivity index (χ1) is 15.4. The standard InChI is InChI=1S/C18H16N6O5S3/c1-29-23-11(10-6-32-18(19)21-10)14(25)22-12-15(26)24-13(17(27)28)8(4-31-16(12)24)2-3-9-5-30-7-20-9/h2-3,5-7,12,16H,4H2,1H3,(H2,19,21)(H,22,25)(H,27,28)/b3-2+,23-11+/t12?,16-/m1/s1. The number of aromatic nitrogens is 2. The number of carbonyl (C=O) groups excluding carboxylic acids is 2. The average molecular weight is 493 g/mol. The summed E-state index contributed by atoms with van der Waals surface area (Å²) >= 11 is 3.91. The van der Waals surface area contributed by atoms with E-state index in [1.807, 2.05) is 5.38 Å². The number of nitrogens with one attached hydrogen (secondary N) is 1. The van der Waals surface area contributed by atoms with Gasteiger partial charge >= 0.3 is 5.97 Å². The minimum Gasteiger partial charge on any atom is -0.477 e. The second-order valence-corrected chi connectivity index (χ2v) is 9.19. The van der Waals surface area contributed by atoms with Gasteiger partial charge in [-0.25, -0.2) is 14.8 Å². The van der Waals surface area contributed by atoms with Gasteiger partial charge in [-0.15, -0.1) is 34.4 Å². The summed E-state index contributed by atoms with van der Waals surface area (Å²) in [6, 6.07) is -0.913. The first kappa shape index (κ1) is 22.0. The lowest BCUT2D eigenvalue weighted by Crippen LogP contribution is -2.71. The van der Waals surface area contributed by atoms with E-state index in [1.165, 1.54) is 35.1 Å². The van der Waals surface area contributed by atoms with Crippen LogP contribution in [0.4, 0.5) is 5.13 Å². The molecule has 32 heavy (non-hydrogen) atoms. The van der Waals surface area contributed by atoms with Crippen molar-refractivity contribution in [3.8, 4) is 0 Å². The van der Waals surface area contributed by atoms with Gasteiger partial charge in [-0.1, -0.05) is 11.2 Å². The fourth-order valence-corrected chi connectivity index (χ4v) is 5.55. The van der Waals surface area contributed by atoms with E-state index in [2.05, 4.69) is 20.4 Å². The Morgan fingerprint density at radius 2 is 2.22 bits per heavy atom. The summed E-state index contributed by atoms with van der Waals surface area (Å²) in [5.41, 5.74) is 8.46. The Balaban J connectivity index is 1.53. The first-order valence-electron chi connectivity index (χ1n) is 9.01. The van der Waals surface area contributed by atoms with Gasteiger partial charge in [0.15, 0.2) is 10.8 Å². The number of nitrogen functional groups attached to an aromatic ring is 1. The number of carboxylic acid groups (broad SMARTS) is 1. The molecule has 2 aromatic heterocycles. The van der Waals surface area contributed by atoms with E-state index in [-0.39, 0.29) is 22.2 Å². The number of allylic oxidation sites excluding steroid dienone is 1. The molecule has 0 aliphatic carbocycles. The average Bonchev–Trinajstić information content (AvgIpc) is 3.45. The number of β-lactam (4-membered cyclic amide) rings is 1. The van der Waals surface area contributed by atoms with Crippen LogP contribution in [-0.2, 0) is 19.2 Å². The van der Waals surface area contributed by atoms with E-state index in [4.69, 9.17) is 10.6 Å². The fraction of sp³-hybridized carbons (Fsp3) is 0.222. The SMILES string of the molecule is CO/N=C(/C(=O)NC1C(=O)N2C(C(=O)O)=C(/C=C/c3cscn3)CS[C@H]12)c1csc(N)n1. The van der Waals surface area contributed by atoms with Crippen LogP contribution < -0.4 is 11.1 Å². The van der Waals surface area contributed by atoms with Crippen LogP contribution in [0.1, 0.15) is 11.4 Å². The summed E-state index contributed by atoms with van der Waals surface area (Å²) in [7, 11) is 1.28. The highest BCUT2D eigenvalue weighted by atomic mass is 32.2. The van der Waals surface area contributed by atoms with Crippen LogP contribution >= 0.6 is 34.4 Å². The summed E-state index contributed by atoms with van der Waals surface area (Å²) in [4.78, 5) is 51.5. The third-order valence-corrected chi connectivity index (χ3v) is 7.14. The second-order valence-electron chi connectivity index (χ2n) is 6.48. The molecule has 4 rings (SSSR count). The molecule has 0 saturated carbocycles. The molecule has 1 fully saturated rings. The van der Waals surface area contributed by atoms with Crippen molar-refractivity contribution in [1.29, 1.82) is 0 Å². The third kappa shape index (κ3) is 4.11. The Labute approximate surface area is 193 Å². The molecule has 2 aromatic rings. The van der Waals surface area contributed by atoms with Gasteiger partial charge in [-0.05, 0) is 11.6 Å². The molecule has 2 atom stereocenters. The molecular weight excluding hydrogens is 476 g/mol. The van der Waals surface area contributed by atoms with Crippen molar-refractivity contribution in [2.24, 2.45) is 5.16 Å². The van der Waals surface area contributed by atoms with Crippen LogP contribution in [0.25, 0.3) is 6.08 Å². The number of hydrogen-bond acceptors (Lipinski definition) is 11. The van der Waals surface area contributed by atoms with Crippen LogP contribution in [0.5, 0.6) is 0 Å². The van der Waals surface area contributed by atoms with Gasteiger partial charge in [0, 0.05) is 16.5 Å². The molecule has 11 nitrogen and oxygen atoms in total. The largest absolute Gasteiger partial charge is 0.477 e. The number of aliphatic carboxylic acids is 1. The second kappa shape index (κ2) is 9.10. The van der Waals surface area contributed by atoms with Crippen LogP contribution in [0.15, 0.2) is 38.8 Å². The highest BCUT2D eigenvalue weighted by molar-refractivity contribution is 8.00. The van der Waals surface area contributed by atoms with Gasteiger partial charge in [0.2, 0.25) is 0 Å². The molecule has 4 heterocycles. The Morgan fingerprint density at radius 3 is 2.84 bits per heavy atom. The van der Waals surface area contributed by atoms with Gasteiger partial charge in [0.1, 0.15) is 29.9 Å². The highest BCUT2D eigenvalue weighted by Crippen LogP contribution is 2.40. The minimum absolute atomic E-state index is 0.103. The van der Waals surface area contributed by atoms with Crippen molar-refractivity contribution in [2.45, 2.75) is 11.4 Å². The lowest BCUT2D eigenvalue weighted by Gasteiger charge is -2.49. The number of carbonyl (C=O) groups is 3. The number of thiazole rings is 2. The highest BCUT2D eigenvalue weighted by Gasteiger charge is 2.54. The normalized spacial score (nSPS) is 20.8. The molecule has 2 aliphatic heterocycles. The zero-order valence-electron chi connectivity index (χ0n) is 16.4. The predicted octanol–water partition coefficient (Wildman–Crippen LogP) is 0.984. The zero-order chi connectivity index (χ0) is 22.8. The Kier molecular flexibility index (Phi) is 6.25. The summed E-state index contributed by atoms with van der Waals surface area (Å²) < 4.78 is 0. The van der Waals surface area contributed by atoms with Crippen molar-refractivity contribution in [1.82, 2.24) is 20.2 Å². The molecule has 1 saturated heterocycles. The fourth-order valence-electron chi connectivity index (χ4n) is 3.16. The smallest absolute Gasteiger partial charge is 0.352 e. The van der Waals surface area contributed by atoms with E-state index in [9.17, 15) is 19.5 Å². The molecule has 0 aromatic carbocycles. The maximum atomic E-state index is 12.8. The summed E-state index contributed by atoms with van der Waals surface area (Å²) in [5, 5.41) is 19.1. The molecule has 4 N–H and O–H groups in total. The van der Waals surface area contributed by atoms with Gasteiger partial charge < -0.3 is 21.0 Å². The van der Waals surface area contributed by atoms with E-state index >= 15 is 0 Å². The van der Waals surface area contributed by atoms with Crippen LogP contribution in [-0.4, -0.2) is 67.7 Å². The van der Waals surface area contributed by atoms with Crippen molar-refractivity contribution in [2.75, 3.05) is 18.6 Å². The van der Waals surface area contributed by atoms with Gasteiger partial charge in [-0.2, -0.15) is 0 Å². The van der Waals surface area contributed by atoms with E-state index in [0.717, 1.165) is 11.3 Å². The quantitative estimate of drug-likeness (QED) is 0.291. The molecule has 1 unspecified atom stereocenters. The Bertz CT molecular complexity index is 1160. The van der Waals surface area contributed by atoms with E-state index in [0.29, 0.717) is 17.0 Å². The minimum atomic E-state index is -1.22. The number of carboxylic acids is 1. The molecule has 0 radical (unpaired) electrons. The Morgan fingerprint density at radius 1 is 1.41 bits per heavy atom. The number of nitrogens with zero attached hydrogens (tertiary/aromatic N) is 4. The monoisotopic (exact) mass is 492 g/mol. The van der Waals surface area contributed by atoms with Crippen LogP contribution in [0, 0.1) is 0 Å². The van der Waals surface area contributed by atoms with Crippen LogP contribution in [0.3, 0.4) is 0 Å². The lowest BCUT2D eigenvalue weighted by atomic mass is 10.0. The lowest BCUT2D eigenvalue weighted by molar-refractivity contribution is -0.150. The summed E-state index contributed by atoms with van der Waals surface area (Å²) in [6.07, 6.45) is 3.35. The number of amides is 2. The predicted molar refractivity (Wildman–Crippen MR) is 121 cm³/mol. The molecule has 14 heteroatoms. The molecular formula is C18H16N6O5S3. The molecule has 2 aliphatic rings. The molecule has 0 bridgehead atoms. The summed E-state index contributed by atoms with van der Waals surface area (Å²) in [5.74, 6) is -2.07. The number of anilines is 1. The number of hydrogen-bond donors (Lipinski definition) is 3. The van der Waals surface area contributed by atoms with Crippen molar-refractivity contribution in [3.05, 3.63) is 45.0 Å². The maximum absolute atomic E-state index is 12.8. The van der Waals surface area contributed by atoms with Gasteiger partial charge in [0.05, 0.1) is 11.2 Å². The first-order valence-corrected chi connectivity index (χ1v) is 11.9. The number of fused-ring (bicyclic) bond motifs is 1. The molecule has 0 spiro atoms. The van der Waals surface area contributed by atoms with Gasteiger partial charge in [0.25, 0.3) is 11.8 Å². The third-order valence-electron chi connectivity index (χ3n) is 4.56.